The molecule has 0 heterocycles. The molecule has 140 valence electrons. The minimum absolute atomic E-state index is 0.247. The fourth-order valence-corrected chi connectivity index (χ4v) is 2.62. The quantitative estimate of drug-likeness (QED) is 0.383. The number of aliphatic imine (C=N–C) groups is 1. The molecule has 0 unspecified atom stereocenters. The number of ether oxygens (including phenoxy) is 1. The van der Waals surface area contributed by atoms with Gasteiger partial charge in [-0.15, -0.1) is 0 Å². The van der Waals surface area contributed by atoms with Crippen LogP contribution in [-0.4, -0.2) is 18.9 Å². The van der Waals surface area contributed by atoms with Crippen molar-refractivity contribution >= 4 is 29.2 Å². The molecule has 0 radical (unpaired) electrons. The van der Waals surface area contributed by atoms with Crippen molar-refractivity contribution < 1.29 is 9.53 Å². The number of nitrogens with one attached hydrogen (secondary N) is 1. The van der Waals surface area contributed by atoms with Crippen LogP contribution in [0.3, 0.4) is 0 Å². The summed E-state index contributed by atoms with van der Waals surface area (Å²) in [5.41, 5.74) is 9.03. The van der Waals surface area contributed by atoms with Crippen LogP contribution in [0.4, 0.5) is 11.4 Å². The molecule has 3 N–H and O–H groups in total. The molecule has 0 saturated heterocycles. The van der Waals surface area contributed by atoms with Gasteiger partial charge in [0.1, 0.15) is 11.6 Å². The van der Waals surface area contributed by atoms with E-state index in [0.29, 0.717) is 23.0 Å². The van der Waals surface area contributed by atoms with E-state index in [9.17, 15) is 4.79 Å². The zero-order valence-electron chi connectivity index (χ0n) is 15.5. The number of rotatable bonds is 6. The minimum Gasteiger partial charge on any atom is -0.496 e. The number of para-hydroxylation sites is 1. The van der Waals surface area contributed by atoms with Crippen LogP contribution in [0, 0.1) is 0 Å². The summed E-state index contributed by atoms with van der Waals surface area (Å²) in [4.78, 5) is 16.7. The Kier molecular flexibility index (Phi) is 6.21. The van der Waals surface area contributed by atoms with Crippen molar-refractivity contribution in [1.29, 1.82) is 0 Å². The Morgan fingerprint density at radius 3 is 2.54 bits per heavy atom. The van der Waals surface area contributed by atoms with E-state index in [-0.39, 0.29) is 5.91 Å². The molecule has 1 amide bonds. The molecule has 3 rings (SSSR count). The van der Waals surface area contributed by atoms with Gasteiger partial charge in [-0.25, -0.2) is 4.99 Å². The number of carbonyl (C=O) groups is 1. The molecule has 3 aromatic carbocycles. The van der Waals surface area contributed by atoms with E-state index in [0.717, 1.165) is 11.1 Å². The molecule has 3 aromatic rings. The van der Waals surface area contributed by atoms with Gasteiger partial charge in [0.05, 0.1) is 12.8 Å². The van der Waals surface area contributed by atoms with Crippen molar-refractivity contribution in [3.05, 3.63) is 96.1 Å². The smallest absolute Gasteiger partial charge is 0.248 e. The zero-order chi connectivity index (χ0) is 19.8. The zero-order valence-corrected chi connectivity index (χ0v) is 15.5. The van der Waals surface area contributed by atoms with Crippen LogP contribution in [0.2, 0.25) is 0 Å². The van der Waals surface area contributed by atoms with Gasteiger partial charge in [-0.05, 0) is 30.3 Å². The second-order valence-corrected chi connectivity index (χ2v) is 5.98. The van der Waals surface area contributed by atoms with Crippen molar-refractivity contribution in [2.45, 2.75) is 0 Å². The van der Waals surface area contributed by atoms with Gasteiger partial charge >= 0.3 is 0 Å². The normalized spacial score (nSPS) is 11.4. The molecule has 0 fully saturated rings. The maximum Gasteiger partial charge on any atom is 0.248 e. The summed E-state index contributed by atoms with van der Waals surface area (Å²) in [6, 6.07) is 24.2. The monoisotopic (exact) mass is 371 g/mol. The third kappa shape index (κ3) is 5.08. The Labute approximate surface area is 164 Å². The number of nitrogens with two attached hydrogens (primary N) is 1. The molecular formula is C23H21N3O2. The molecular weight excluding hydrogens is 350 g/mol. The Morgan fingerprint density at radius 1 is 1.00 bits per heavy atom. The number of benzene rings is 3. The van der Waals surface area contributed by atoms with E-state index in [1.165, 1.54) is 6.08 Å². The van der Waals surface area contributed by atoms with Gasteiger partial charge in [-0.3, -0.25) is 4.79 Å². The van der Waals surface area contributed by atoms with E-state index >= 15 is 0 Å². The lowest BCUT2D eigenvalue weighted by atomic mass is 10.2. The van der Waals surface area contributed by atoms with Crippen LogP contribution >= 0.6 is 0 Å². The molecule has 0 aliphatic carbocycles. The third-order valence-electron chi connectivity index (χ3n) is 3.99. The lowest BCUT2D eigenvalue weighted by molar-refractivity contribution is -0.111. The van der Waals surface area contributed by atoms with Gasteiger partial charge in [0.2, 0.25) is 5.91 Å². The van der Waals surface area contributed by atoms with Crippen LogP contribution in [0.15, 0.2) is 89.9 Å². The molecule has 0 aliphatic rings. The number of carbonyl (C=O) groups excluding carboxylic acids is 1. The second-order valence-electron chi connectivity index (χ2n) is 5.98. The van der Waals surface area contributed by atoms with Gasteiger partial charge in [-0.2, -0.15) is 0 Å². The maximum atomic E-state index is 12.2. The van der Waals surface area contributed by atoms with E-state index < -0.39 is 0 Å². The van der Waals surface area contributed by atoms with Gasteiger partial charge < -0.3 is 15.8 Å². The summed E-state index contributed by atoms with van der Waals surface area (Å²) in [6.45, 7) is 0. The summed E-state index contributed by atoms with van der Waals surface area (Å²) < 4.78 is 5.28. The van der Waals surface area contributed by atoms with Gasteiger partial charge in [0, 0.05) is 22.9 Å². The second kappa shape index (κ2) is 9.19. The lowest BCUT2D eigenvalue weighted by Gasteiger charge is -2.05. The minimum atomic E-state index is -0.247. The summed E-state index contributed by atoms with van der Waals surface area (Å²) in [7, 11) is 1.60. The first kappa shape index (κ1) is 18.9. The average Bonchev–Trinajstić information content (AvgIpc) is 2.73. The number of nitrogens with zero attached hydrogens (tertiary/aromatic N) is 1. The van der Waals surface area contributed by atoms with Crippen LogP contribution in [0.1, 0.15) is 11.1 Å². The molecule has 0 aromatic heterocycles. The lowest BCUT2D eigenvalue weighted by Crippen LogP contribution is -2.12. The first-order chi connectivity index (χ1) is 13.7. The Hall–Kier alpha value is -3.86. The predicted octanol–water partition coefficient (Wildman–Crippen LogP) is 4.38. The predicted molar refractivity (Wildman–Crippen MR) is 114 cm³/mol. The number of hydrogen-bond donors (Lipinski definition) is 2. The van der Waals surface area contributed by atoms with E-state index in [4.69, 9.17) is 10.5 Å². The fraction of sp³-hybridized carbons (Fsp3) is 0.0435. The molecule has 5 nitrogen and oxygen atoms in total. The highest BCUT2D eigenvalue weighted by molar-refractivity contribution is 6.02. The first-order valence-corrected chi connectivity index (χ1v) is 8.77. The van der Waals surface area contributed by atoms with Crippen LogP contribution in [0.5, 0.6) is 5.75 Å². The Morgan fingerprint density at radius 2 is 1.75 bits per heavy atom. The highest BCUT2D eigenvalue weighted by atomic mass is 16.5. The van der Waals surface area contributed by atoms with Crippen LogP contribution < -0.4 is 15.8 Å². The highest BCUT2D eigenvalue weighted by Gasteiger charge is 2.02. The Balaban J connectivity index is 1.70. The van der Waals surface area contributed by atoms with Crippen molar-refractivity contribution in [1.82, 2.24) is 0 Å². The molecule has 0 bridgehead atoms. The van der Waals surface area contributed by atoms with E-state index in [2.05, 4.69) is 10.3 Å². The molecule has 0 aliphatic heterocycles. The van der Waals surface area contributed by atoms with Gasteiger partial charge in [0.15, 0.2) is 0 Å². The van der Waals surface area contributed by atoms with Crippen molar-refractivity contribution in [3.8, 4) is 5.75 Å². The highest BCUT2D eigenvalue weighted by Crippen LogP contribution is 2.20. The molecule has 0 saturated carbocycles. The largest absolute Gasteiger partial charge is 0.496 e. The van der Waals surface area contributed by atoms with Crippen LogP contribution in [-0.2, 0) is 4.79 Å². The maximum absolute atomic E-state index is 12.2. The van der Waals surface area contributed by atoms with Crippen molar-refractivity contribution in [3.63, 3.8) is 0 Å². The van der Waals surface area contributed by atoms with Gasteiger partial charge in [-0.1, -0.05) is 54.6 Å². The van der Waals surface area contributed by atoms with Crippen molar-refractivity contribution in [2.75, 3.05) is 12.4 Å². The van der Waals surface area contributed by atoms with E-state index in [1.807, 2.05) is 66.7 Å². The topological polar surface area (TPSA) is 76.7 Å². The number of hydrogen-bond acceptors (Lipinski definition) is 3. The molecule has 5 heteroatoms. The summed E-state index contributed by atoms with van der Waals surface area (Å²) in [5.74, 6) is 0.877. The standard InChI is InChI=1S/C23H21N3O2/c1-28-21-13-6-5-8-17(21)14-15-22(27)25-19-11-7-12-20(16-19)26-23(24)18-9-3-2-4-10-18/h2-16H,1H3,(H2,24,26)(H,25,27)/b15-14+. The number of anilines is 1. The summed E-state index contributed by atoms with van der Waals surface area (Å²) >= 11 is 0. The van der Waals surface area contributed by atoms with Crippen LogP contribution in [0.25, 0.3) is 6.08 Å². The average molecular weight is 371 g/mol. The first-order valence-electron chi connectivity index (χ1n) is 8.77. The van der Waals surface area contributed by atoms with Crippen molar-refractivity contribution in [2.24, 2.45) is 10.7 Å². The van der Waals surface area contributed by atoms with E-state index in [1.54, 1.807) is 25.3 Å². The molecule has 0 spiro atoms. The third-order valence-corrected chi connectivity index (χ3v) is 3.99. The molecule has 0 atom stereocenters. The summed E-state index contributed by atoms with van der Waals surface area (Å²) in [5, 5.41) is 2.83. The Bertz CT molecular complexity index is 1010. The SMILES string of the molecule is COc1ccccc1/C=C/C(=O)Nc1cccc(N=C(N)c2ccccc2)c1. The number of methoxy groups -OCH3 is 1. The number of amidine groups is 1. The number of amides is 1. The van der Waals surface area contributed by atoms with Gasteiger partial charge in [0.25, 0.3) is 0 Å². The molecule has 28 heavy (non-hydrogen) atoms. The summed E-state index contributed by atoms with van der Waals surface area (Å²) in [6.07, 6.45) is 3.18. The fourth-order valence-electron chi connectivity index (χ4n) is 2.62.